The molecule has 1 N–H and O–H groups in total. The van der Waals surface area contributed by atoms with Gasteiger partial charge in [0.05, 0.1) is 18.8 Å². The summed E-state index contributed by atoms with van der Waals surface area (Å²) in [6.45, 7) is 6.37. The fourth-order valence-corrected chi connectivity index (χ4v) is 2.79. The summed E-state index contributed by atoms with van der Waals surface area (Å²) in [5, 5.41) is 3.50. The molecule has 18 heavy (non-hydrogen) atoms. The van der Waals surface area contributed by atoms with E-state index < -0.39 is 0 Å². The Morgan fingerprint density at radius 2 is 1.94 bits per heavy atom. The monoisotopic (exact) mass is 261 g/mol. The molecule has 0 saturated heterocycles. The normalized spacial score (nSPS) is 12.2. The molecule has 0 spiro atoms. The lowest BCUT2D eigenvalue weighted by Crippen LogP contribution is -2.06. The van der Waals surface area contributed by atoms with Crippen LogP contribution in [0.15, 0.2) is 30.3 Å². The number of ether oxygens (including phenoxy) is 1. The smallest absolute Gasteiger partial charge is 0.142 e. The minimum absolute atomic E-state index is 0.292. The van der Waals surface area contributed by atoms with Crippen molar-refractivity contribution in [2.75, 3.05) is 12.4 Å². The number of hydrogen-bond donors (Lipinski definition) is 1. The summed E-state index contributed by atoms with van der Waals surface area (Å²) in [6.07, 6.45) is 0. The topological polar surface area (TPSA) is 21.3 Å². The summed E-state index contributed by atoms with van der Waals surface area (Å²) >= 11 is 1.83. The number of anilines is 1. The zero-order chi connectivity index (χ0) is 13.1. The van der Waals surface area contributed by atoms with Crippen LogP contribution in [0.2, 0.25) is 0 Å². The lowest BCUT2D eigenvalue weighted by atomic mass is 10.2. The first-order valence-corrected chi connectivity index (χ1v) is 6.89. The number of nitrogens with one attached hydrogen (secondary N) is 1. The Kier molecular flexibility index (Phi) is 3.92. The highest BCUT2D eigenvalue weighted by Crippen LogP contribution is 2.31. The second kappa shape index (κ2) is 5.44. The van der Waals surface area contributed by atoms with E-state index in [1.165, 1.54) is 15.3 Å². The summed E-state index contributed by atoms with van der Waals surface area (Å²) in [5.74, 6) is 0.898. The highest BCUT2D eigenvalue weighted by atomic mass is 32.1. The number of benzene rings is 1. The summed E-state index contributed by atoms with van der Waals surface area (Å²) in [7, 11) is 1.71. The second-order valence-electron chi connectivity index (χ2n) is 4.52. The van der Waals surface area contributed by atoms with Crippen molar-refractivity contribution in [3.05, 3.63) is 45.6 Å². The van der Waals surface area contributed by atoms with Gasteiger partial charge in [-0.25, -0.2) is 0 Å². The van der Waals surface area contributed by atoms with E-state index in [4.69, 9.17) is 4.74 Å². The van der Waals surface area contributed by atoms with Gasteiger partial charge < -0.3 is 10.1 Å². The maximum absolute atomic E-state index is 5.41. The van der Waals surface area contributed by atoms with Gasteiger partial charge in [-0.3, -0.25) is 0 Å². The summed E-state index contributed by atoms with van der Waals surface area (Å²) < 4.78 is 5.41. The van der Waals surface area contributed by atoms with Gasteiger partial charge in [0.15, 0.2) is 0 Å². The molecule has 2 rings (SSSR count). The predicted molar refractivity (Wildman–Crippen MR) is 78.8 cm³/mol. The number of hydrogen-bond acceptors (Lipinski definition) is 3. The van der Waals surface area contributed by atoms with Crippen LogP contribution in [0.4, 0.5) is 5.69 Å². The van der Waals surface area contributed by atoms with Gasteiger partial charge in [-0.15, -0.1) is 11.3 Å². The highest BCUT2D eigenvalue weighted by molar-refractivity contribution is 7.12. The van der Waals surface area contributed by atoms with Gasteiger partial charge >= 0.3 is 0 Å². The Hall–Kier alpha value is -1.48. The maximum atomic E-state index is 5.41. The fourth-order valence-electron chi connectivity index (χ4n) is 1.91. The Labute approximate surface area is 113 Å². The lowest BCUT2D eigenvalue weighted by Gasteiger charge is -2.16. The van der Waals surface area contributed by atoms with E-state index >= 15 is 0 Å². The molecular formula is C15H19NOS. The first kappa shape index (κ1) is 13.0. The molecule has 1 atom stereocenters. The third-order valence-electron chi connectivity index (χ3n) is 2.92. The van der Waals surface area contributed by atoms with Gasteiger partial charge in [0.1, 0.15) is 5.75 Å². The van der Waals surface area contributed by atoms with Crippen LogP contribution in [0.3, 0.4) is 0 Å². The van der Waals surface area contributed by atoms with Crippen molar-refractivity contribution in [1.82, 2.24) is 0 Å². The molecule has 0 fully saturated rings. The van der Waals surface area contributed by atoms with Gasteiger partial charge in [0.2, 0.25) is 0 Å². The van der Waals surface area contributed by atoms with Crippen molar-refractivity contribution in [3.63, 3.8) is 0 Å². The maximum Gasteiger partial charge on any atom is 0.142 e. The number of aryl methyl sites for hydroxylation is 2. The predicted octanol–water partition coefficient (Wildman–Crippen LogP) is 4.55. The van der Waals surface area contributed by atoms with E-state index in [9.17, 15) is 0 Å². The molecule has 2 nitrogen and oxygen atoms in total. The largest absolute Gasteiger partial charge is 0.495 e. The molecule has 1 aromatic heterocycles. The minimum Gasteiger partial charge on any atom is -0.495 e. The summed E-state index contributed by atoms with van der Waals surface area (Å²) in [6, 6.07) is 10.8. The number of thiophene rings is 1. The van der Waals surface area contributed by atoms with E-state index in [2.05, 4.69) is 56.4 Å². The van der Waals surface area contributed by atoms with Crippen LogP contribution in [0, 0.1) is 13.8 Å². The molecule has 0 amide bonds. The Balaban J connectivity index is 2.18. The van der Waals surface area contributed by atoms with Crippen molar-refractivity contribution in [2.45, 2.75) is 26.8 Å². The first-order valence-electron chi connectivity index (χ1n) is 6.07. The Bertz CT molecular complexity index is 533. The van der Waals surface area contributed by atoms with E-state index in [0.29, 0.717) is 6.04 Å². The van der Waals surface area contributed by atoms with E-state index in [0.717, 1.165) is 11.4 Å². The fraction of sp³-hybridized carbons (Fsp3) is 0.333. The van der Waals surface area contributed by atoms with Gasteiger partial charge in [-0.1, -0.05) is 6.07 Å². The van der Waals surface area contributed by atoms with Crippen LogP contribution < -0.4 is 10.1 Å². The average molecular weight is 261 g/mol. The highest BCUT2D eigenvalue weighted by Gasteiger charge is 2.10. The van der Waals surface area contributed by atoms with Crippen molar-refractivity contribution < 1.29 is 4.74 Å². The molecule has 0 aliphatic rings. The molecule has 1 unspecified atom stereocenters. The first-order chi connectivity index (χ1) is 8.60. The molecule has 1 heterocycles. The van der Waals surface area contributed by atoms with Crippen LogP contribution in [0.5, 0.6) is 5.75 Å². The van der Waals surface area contributed by atoms with Gasteiger partial charge in [-0.2, -0.15) is 0 Å². The Morgan fingerprint density at radius 1 is 1.17 bits per heavy atom. The third kappa shape index (κ3) is 2.85. The lowest BCUT2D eigenvalue weighted by molar-refractivity contribution is 0.416. The Morgan fingerprint density at radius 3 is 2.56 bits per heavy atom. The SMILES string of the molecule is COc1cc(C)ccc1NC(C)c1ccc(C)s1. The number of methoxy groups -OCH3 is 1. The average Bonchev–Trinajstić information content (AvgIpc) is 2.78. The molecule has 0 bridgehead atoms. The van der Waals surface area contributed by atoms with Crippen LogP contribution in [-0.2, 0) is 0 Å². The van der Waals surface area contributed by atoms with Crippen molar-refractivity contribution in [3.8, 4) is 5.75 Å². The molecule has 0 saturated carbocycles. The van der Waals surface area contributed by atoms with Crippen LogP contribution in [0.25, 0.3) is 0 Å². The van der Waals surface area contributed by atoms with E-state index in [-0.39, 0.29) is 0 Å². The molecule has 0 aliphatic carbocycles. The third-order valence-corrected chi connectivity index (χ3v) is 4.10. The molecule has 0 radical (unpaired) electrons. The standard InChI is InChI=1S/C15H19NOS/c1-10-5-7-13(14(9-10)17-4)16-12(3)15-8-6-11(2)18-15/h5-9,12,16H,1-4H3. The summed E-state index contributed by atoms with van der Waals surface area (Å²) in [5.41, 5.74) is 2.25. The van der Waals surface area contributed by atoms with Gasteiger partial charge in [0.25, 0.3) is 0 Å². The van der Waals surface area contributed by atoms with Gasteiger partial charge in [-0.05, 0) is 50.6 Å². The summed E-state index contributed by atoms with van der Waals surface area (Å²) in [4.78, 5) is 2.68. The molecule has 96 valence electrons. The van der Waals surface area contributed by atoms with Crippen molar-refractivity contribution >= 4 is 17.0 Å². The zero-order valence-electron chi connectivity index (χ0n) is 11.3. The number of rotatable bonds is 4. The molecular weight excluding hydrogens is 242 g/mol. The molecule has 3 heteroatoms. The van der Waals surface area contributed by atoms with Gasteiger partial charge in [0, 0.05) is 9.75 Å². The quantitative estimate of drug-likeness (QED) is 0.872. The molecule has 1 aromatic carbocycles. The van der Waals surface area contributed by atoms with E-state index in [1.54, 1.807) is 7.11 Å². The second-order valence-corrected chi connectivity index (χ2v) is 5.84. The molecule has 0 aliphatic heterocycles. The van der Waals surface area contributed by atoms with Crippen molar-refractivity contribution in [1.29, 1.82) is 0 Å². The van der Waals surface area contributed by atoms with Crippen LogP contribution in [-0.4, -0.2) is 7.11 Å². The van der Waals surface area contributed by atoms with E-state index in [1.807, 2.05) is 11.3 Å². The van der Waals surface area contributed by atoms with Crippen LogP contribution >= 0.6 is 11.3 Å². The van der Waals surface area contributed by atoms with Crippen LogP contribution in [0.1, 0.15) is 28.3 Å². The molecule has 2 aromatic rings. The van der Waals surface area contributed by atoms with Crippen molar-refractivity contribution in [2.24, 2.45) is 0 Å². The zero-order valence-corrected chi connectivity index (χ0v) is 12.1. The minimum atomic E-state index is 0.292.